The van der Waals surface area contributed by atoms with Crippen LogP contribution in [0.3, 0.4) is 0 Å². The van der Waals surface area contributed by atoms with Gasteiger partial charge in [0.15, 0.2) is 0 Å². The predicted molar refractivity (Wildman–Crippen MR) is 59.5 cm³/mol. The molecule has 2 heteroatoms. The van der Waals surface area contributed by atoms with Crippen molar-refractivity contribution in [3.8, 4) is 0 Å². The van der Waals surface area contributed by atoms with E-state index in [2.05, 4.69) is 23.2 Å². The van der Waals surface area contributed by atoms with Gasteiger partial charge in [0, 0.05) is 11.8 Å². The molecule has 0 unspecified atom stereocenters. The fourth-order valence-corrected chi connectivity index (χ4v) is 1.45. The normalized spacial score (nSPS) is 15.0. The summed E-state index contributed by atoms with van der Waals surface area (Å²) in [6.07, 6.45) is 14.8. The molecule has 0 atom stereocenters. The molecule has 1 aliphatic rings. The molecule has 0 fully saturated rings. The zero-order valence-electron chi connectivity index (χ0n) is 7.85. The third-order valence-corrected chi connectivity index (χ3v) is 2.16. The van der Waals surface area contributed by atoms with Crippen LogP contribution in [0.2, 0.25) is 0 Å². The lowest BCUT2D eigenvalue weighted by atomic mass is 10.0. The second-order valence-corrected chi connectivity index (χ2v) is 3.15. The lowest BCUT2D eigenvalue weighted by Crippen LogP contribution is -1.93. The molecule has 0 bridgehead atoms. The Morgan fingerprint density at radius 1 is 1.29 bits per heavy atom. The van der Waals surface area contributed by atoms with Gasteiger partial charge in [-0.2, -0.15) is 0 Å². The van der Waals surface area contributed by atoms with Crippen LogP contribution in [0.1, 0.15) is 12.0 Å². The molecule has 0 radical (unpaired) electrons. The molecule has 0 aromatic carbocycles. The van der Waals surface area contributed by atoms with E-state index in [9.17, 15) is 0 Å². The number of rotatable bonds is 1. The number of hydrogen-bond acceptors (Lipinski definition) is 2. The molecular weight excluding hydrogens is 172 g/mol. The molecule has 2 rings (SSSR count). The van der Waals surface area contributed by atoms with E-state index in [0.717, 1.165) is 23.2 Å². The quantitative estimate of drug-likeness (QED) is 0.728. The van der Waals surface area contributed by atoms with Crippen molar-refractivity contribution in [2.45, 2.75) is 6.42 Å². The lowest BCUT2D eigenvalue weighted by molar-refractivity contribution is 1.32. The summed E-state index contributed by atoms with van der Waals surface area (Å²) in [6, 6.07) is 1.94. The summed E-state index contributed by atoms with van der Waals surface area (Å²) >= 11 is 0. The molecule has 70 valence electrons. The largest absolute Gasteiger partial charge is 0.397 e. The minimum Gasteiger partial charge on any atom is -0.397 e. The van der Waals surface area contributed by atoms with Gasteiger partial charge >= 0.3 is 0 Å². The van der Waals surface area contributed by atoms with Crippen molar-refractivity contribution in [1.29, 1.82) is 0 Å². The smallest absolute Gasteiger partial charge is 0.0580 e. The van der Waals surface area contributed by atoms with E-state index in [1.165, 1.54) is 0 Å². The van der Waals surface area contributed by atoms with Crippen LogP contribution in [0, 0.1) is 0 Å². The van der Waals surface area contributed by atoms with E-state index in [1.54, 1.807) is 12.4 Å². The first-order valence-electron chi connectivity index (χ1n) is 4.61. The van der Waals surface area contributed by atoms with Crippen LogP contribution in [0.4, 0.5) is 5.69 Å². The van der Waals surface area contributed by atoms with Crippen molar-refractivity contribution in [3.63, 3.8) is 0 Å². The second kappa shape index (κ2) is 3.92. The zero-order chi connectivity index (χ0) is 9.80. The standard InChI is InChI=1S/C12H12N2/c13-12-9-14-8-7-11(12)10-5-3-1-2-4-6-10/h1-3,5-9H,4,13H2. The Balaban J connectivity index is 2.40. The summed E-state index contributed by atoms with van der Waals surface area (Å²) in [5, 5.41) is 0. The van der Waals surface area contributed by atoms with E-state index < -0.39 is 0 Å². The van der Waals surface area contributed by atoms with Crippen LogP contribution in [0.5, 0.6) is 0 Å². The zero-order valence-corrected chi connectivity index (χ0v) is 7.85. The first kappa shape index (κ1) is 8.75. The molecule has 1 aromatic rings. The van der Waals surface area contributed by atoms with Crippen LogP contribution < -0.4 is 5.73 Å². The molecule has 0 spiro atoms. The number of nitrogens with two attached hydrogens (primary N) is 1. The van der Waals surface area contributed by atoms with Gasteiger partial charge in [0.1, 0.15) is 0 Å². The Kier molecular flexibility index (Phi) is 2.45. The summed E-state index contributed by atoms with van der Waals surface area (Å²) in [5.74, 6) is 0. The van der Waals surface area contributed by atoms with Gasteiger partial charge in [-0.1, -0.05) is 30.4 Å². The van der Waals surface area contributed by atoms with Gasteiger partial charge in [-0.3, -0.25) is 4.98 Å². The highest BCUT2D eigenvalue weighted by Gasteiger charge is 2.02. The Morgan fingerprint density at radius 3 is 3.07 bits per heavy atom. The maximum absolute atomic E-state index is 5.84. The SMILES string of the molecule is Nc1cnccc1C1=CCC=CC=C1. The molecule has 0 aliphatic heterocycles. The van der Waals surface area contributed by atoms with Crippen molar-refractivity contribution in [2.24, 2.45) is 0 Å². The fraction of sp³-hybridized carbons (Fsp3) is 0.0833. The van der Waals surface area contributed by atoms with Crippen LogP contribution in [0.15, 0.2) is 48.8 Å². The highest BCUT2D eigenvalue weighted by atomic mass is 14.7. The summed E-state index contributed by atoms with van der Waals surface area (Å²) in [5.41, 5.74) is 8.79. The summed E-state index contributed by atoms with van der Waals surface area (Å²) in [4.78, 5) is 3.97. The highest BCUT2D eigenvalue weighted by molar-refractivity contribution is 5.81. The lowest BCUT2D eigenvalue weighted by Gasteiger charge is -2.04. The number of aromatic nitrogens is 1. The molecular formula is C12H12N2. The maximum Gasteiger partial charge on any atom is 0.0580 e. The minimum atomic E-state index is 0.727. The van der Waals surface area contributed by atoms with E-state index in [4.69, 9.17) is 5.73 Å². The summed E-state index contributed by atoms with van der Waals surface area (Å²) in [7, 11) is 0. The predicted octanol–water partition coefficient (Wildman–Crippen LogP) is 2.56. The fourth-order valence-electron chi connectivity index (χ4n) is 1.45. The summed E-state index contributed by atoms with van der Waals surface area (Å²) < 4.78 is 0. The average molecular weight is 184 g/mol. The van der Waals surface area contributed by atoms with E-state index >= 15 is 0 Å². The number of nitrogen functional groups attached to an aromatic ring is 1. The van der Waals surface area contributed by atoms with Crippen LogP contribution >= 0.6 is 0 Å². The first-order chi connectivity index (χ1) is 6.88. The van der Waals surface area contributed by atoms with Gasteiger partial charge in [0.2, 0.25) is 0 Å². The van der Waals surface area contributed by atoms with Crippen molar-refractivity contribution < 1.29 is 0 Å². The van der Waals surface area contributed by atoms with E-state index in [1.807, 2.05) is 18.2 Å². The molecule has 1 heterocycles. The number of pyridine rings is 1. The van der Waals surface area contributed by atoms with Crippen molar-refractivity contribution >= 4 is 11.3 Å². The third-order valence-electron chi connectivity index (χ3n) is 2.16. The Morgan fingerprint density at radius 2 is 2.21 bits per heavy atom. The Hall–Kier alpha value is -1.83. The number of hydrogen-bond donors (Lipinski definition) is 1. The molecule has 14 heavy (non-hydrogen) atoms. The highest BCUT2D eigenvalue weighted by Crippen LogP contribution is 2.23. The Labute approximate surface area is 83.5 Å². The van der Waals surface area contributed by atoms with Crippen LogP contribution in [-0.4, -0.2) is 4.98 Å². The molecule has 2 nitrogen and oxygen atoms in total. The van der Waals surface area contributed by atoms with Gasteiger partial charge in [0.05, 0.1) is 11.9 Å². The minimum absolute atomic E-state index is 0.727. The van der Waals surface area contributed by atoms with Gasteiger partial charge < -0.3 is 5.73 Å². The second-order valence-electron chi connectivity index (χ2n) is 3.15. The van der Waals surface area contributed by atoms with E-state index in [-0.39, 0.29) is 0 Å². The van der Waals surface area contributed by atoms with Crippen molar-refractivity contribution in [3.05, 3.63) is 54.4 Å². The Bertz CT molecular complexity index is 414. The average Bonchev–Trinajstić information content (AvgIpc) is 2.47. The third kappa shape index (κ3) is 1.74. The van der Waals surface area contributed by atoms with Gasteiger partial charge in [-0.25, -0.2) is 0 Å². The van der Waals surface area contributed by atoms with Crippen molar-refractivity contribution in [2.75, 3.05) is 5.73 Å². The molecule has 0 amide bonds. The van der Waals surface area contributed by atoms with Crippen molar-refractivity contribution in [1.82, 2.24) is 4.98 Å². The molecule has 1 aromatic heterocycles. The monoisotopic (exact) mass is 184 g/mol. The number of anilines is 1. The molecule has 0 saturated carbocycles. The van der Waals surface area contributed by atoms with Gasteiger partial charge in [-0.15, -0.1) is 0 Å². The first-order valence-corrected chi connectivity index (χ1v) is 4.61. The molecule has 1 aliphatic carbocycles. The maximum atomic E-state index is 5.84. The van der Waals surface area contributed by atoms with Gasteiger partial charge in [0.25, 0.3) is 0 Å². The van der Waals surface area contributed by atoms with Gasteiger partial charge in [-0.05, 0) is 18.1 Å². The van der Waals surface area contributed by atoms with E-state index in [0.29, 0.717) is 0 Å². The van der Waals surface area contributed by atoms with Crippen LogP contribution in [-0.2, 0) is 0 Å². The van der Waals surface area contributed by atoms with Crippen LogP contribution in [0.25, 0.3) is 5.57 Å². The number of nitrogens with zero attached hydrogens (tertiary/aromatic N) is 1. The summed E-state index contributed by atoms with van der Waals surface area (Å²) in [6.45, 7) is 0. The topological polar surface area (TPSA) is 38.9 Å². The molecule has 0 saturated heterocycles. The number of allylic oxidation sites excluding steroid dienone is 6. The molecule has 2 N–H and O–H groups in total.